The lowest BCUT2D eigenvalue weighted by atomic mass is 10.1. The first-order valence-electron chi connectivity index (χ1n) is 8.20. The lowest BCUT2D eigenvalue weighted by Crippen LogP contribution is -2.29. The third-order valence-corrected chi connectivity index (χ3v) is 4.27. The molecule has 6 heteroatoms. The van der Waals surface area contributed by atoms with Crippen LogP contribution in [0.25, 0.3) is 0 Å². The van der Waals surface area contributed by atoms with Crippen LogP contribution >= 0.6 is 0 Å². The molecule has 0 spiro atoms. The number of carbonyl (C=O) groups is 2. The van der Waals surface area contributed by atoms with Crippen molar-refractivity contribution in [2.24, 2.45) is 11.8 Å². The molecule has 1 aliphatic carbocycles. The average Bonchev–Trinajstić information content (AvgIpc) is 3.42. The molecule has 1 aliphatic rings. The van der Waals surface area contributed by atoms with Gasteiger partial charge in [-0.1, -0.05) is 18.2 Å². The van der Waals surface area contributed by atoms with E-state index in [0.29, 0.717) is 18.8 Å². The summed E-state index contributed by atoms with van der Waals surface area (Å²) in [5.41, 5.74) is 1.74. The third kappa shape index (κ3) is 4.35. The molecular weight excluding hydrogens is 320 g/mol. The second-order valence-corrected chi connectivity index (χ2v) is 6.20. The summed E-state index contributed by atoms with van der Waals surface area (Å²) in [6, 6.07) is 12.9. The highest BCUT2D eigenvalue weighted by molar-refractivity contribution is 5.89. The first-order chi connectivity index (χ1) is 12.0. The van der Waals surface area contributed by atoms with Crippen molar-refractivity contribution in [2.75, 3.05) is 0 Å². The van der Waals surface area contributed by atoms with E-state index in [9.17, 15) is 9.59 Å². The molecule has 0 bridgehead atoms. The van der Waals surface area contributed by atoms with Crippen molar-refractivity contribution in [1.29, 1.82) is 0 Å². The summed E-state index contributed by atoms with van der Waals surface area (Å²) in [5, 5.41) is 11.8. The van der Waals surface area contributed by atoms with Gasteiger partial charge in [0.15, 0.2) is 0 Å². The van der Waals surface area contributed by atoms with E-state index in [1.165, 1.54) is 0 Å². The highest BCUT2D eigenvalue weighted by Gasteiger charge is 2.48. The second-order valence-electron chi connectivity index (χ2n) is 6.20. The molecule has 6 nitrogen and oxygen atoms in total. The predicted octanol–water partition coefficient (Wildman–Crippen LogP) is 2.56. The van der Waals surface area contributed by atoms with Crippen LogP contribution in [0.4, 0.5) is 0 Å². The largest absolute Gasteiger partial charge is 0.487 e. The van der Waals surface area contributed by atoms with Crippen molar-refractivity contribution in [1.82, 2.24) is 10.3 Å². The Morgan fingerprint density at radius 1 is 1.28 bits per heavy atom. The number of benzene rings is 1. The van der Waals surface area contributed by atoms with Crippen molar-refractivity contribution >= 4 is 11.9 Å². The van der Waals surface area contributed by atoms with Crippen LogP contribution in [-0.2, 0) is 16.2 Å². The lowest BCUT2D eigenvalue weighted by Gasteiger charge is -2.15. The minimum absolute atomic E-state index is 0.209. The molecule has 1 aromatic carbocycles. The van der Waals surface area contributed by atoms with Gasteiger partial charge in [-0.25, -0.2) is 0 Å². The Bertz CT molecular complexity index is 763. The number of carboxylic acid groups (broad SMARTS) is 1. The van der Waals surface area contributed by atoms with Gasteiger partial charge in [-0.3, -0.25) is 14.6 Å². The molecule has 0 aliphatic heterocycles. The van der Waals surface area contributed by atoms with Crippen molar-refractivity contribution in [3.8, 4) is 5.75 Å². The van der Waals surface area contributed by atoms with Crippen molar-refractivity contribution in [3.63, 3.8) is 0 Å². The van der Waals surface area contributed by atoms with E-state index in [4.69, 9.17) is 9.84 Å². The van der Waals surface area contributed by atoms with Crippen LogP contribution in [-0.4, -0.2) is 22.0 Å². The monoisotopic (exact) mass is 340 g/mol. The van der Waals surface area contributed by atoms with Gasteiger partial charge >= 0.3 is 5.97 Å². The van der Waals surface area contributed by atoms with Crippen LogP contribution in [0.3, 0.4) is 0 Å². The van der Waals surface area contributed by atoms with E-state index in [2.05, 4.69) is 10.3 Å². The molecule has 0 radical (unpaired) electrons. The average molecular weight is 340 g/mol. The molecule has 1 amide bonds. The highest BCUT2D eigenvalue weighted by atomic mass is 16.5. The third-order valence-electron chi connectivity index (χ3n) is 4.27. The summed E-state index contributed by atoms with van der Waals surface area (Å²) in [4.78, 5) is 27.2. The van der Waals surface area contributed by atoms with Crippen LogP contribution in [0.5, 0.6) is 5.75 Å². The van der Waals surface area contributed by atoms with E-state index in [-0.39, 0.29) is 11.9 Å². The Hall–Kier alpha value is -2.89. The van der Waals surface area contributed by atoms with E-state index < -0.39 is 17.8 Å². The maximum Gasteiger partial charge on any atom is 0.307 e. The molecule has 3 rings (SSSR count). The maximum absolute atomic E-state index is 12.1. The molecule has 1 saturated carbocycles. The first kappa shape index (κ1) is 17.0. The molecule has 2 N–H and O–H groups in total. The number of carbonyl (C=O) groups excluding carboxylic acids is 1. The summed E-state index contributed by atoms with van der Waals surface area (Å²) in [7, 11) is 0. The van der Waals surface area contributed by atoms with Gasteiger partial charge < -0.3 is 15.2 Å². The van der Waals surface area contributed by atoms with Crippen LogP contribution < -0.4 is 10.1 Å². The van der Waals surface area contributed by atoms with E-state index >= 15 is 0 Å². The van der Waals surface area contributed by atoms with Gasteiger partial charge in [0.2, 0.25) is 5.91 Å². The second kappa shape index (κ2) is 7.34. The maximum atomic E-state index is 12.1. The summed E-state index contributed by atoms with van der Waals surface area (Å²) in [6.45, 7) is 2.24. The highest BCUT2D eigenvalue weighted by Crippen LogP contribution is 2.39. The summed E-state index contributed by atoms with van der Waals surface area (Å²) in [5.74, 6) is -1.37. The van der Waals surface area contributed by atoms with Crippen LogP contribution in [0, 0.1) is 11.8 Å². The molecular formula is C19H20N2O4. The predicted molar refractivity (Wildman–Crippen MR) is 90.8 cm³/mol. The van der Waals surface area contributed by atoms with Gasteiger partial charge in [-0.15, -0.1) is 0 Å². The summed E-state index contributed by atoms with van der Waals surface area (Å²) >= 11 is 0. The number of ether oxygens (including phenoxy) is 1. The van der Waals surface area contributed by atoms with Gasteiger partial charge in [0.25, 0.3) is 0 Å². The fourth-order valence-corrected chi connectivity index (χ4v) is 2.68. The molecule has 1 heterocycles. The molecule has 3 atom stereocenters. The Morgan fingerprint density at radius 2 is 2.12 bits per heavy atom. The quantitative estimate of drug-likeness (QED) is 0.809. The molecule has 25 heavy (non-hydrogen) atoms. The van der Waals surface area contributed by atoms with E-state index in [0.717, 1.165) is 11.3 Å². The van der Waals surface area contributed by atoms with Crippen molar-refractivity contribution in [3.05, 3.63) is 59.9 Å². The number of rotatable bonds is 7. The molecule has 1 aromatic heterocycles. The van der Waals surface area contributed by atoms with Gasteiger partial charge in [-0.05, 0) is 43.2 Å². The van der Waals surface area contributed by atoms with E-state index in [1.54, 1.807) is 6.20 Å². The zero-order chi connectivity index (χ0) is 17.8. The number of aromatic nitrogens is 1. The summed E-state index contributed by atoms with van der Waals surface area (Å²) < 4.78 is 5.74. The van der Waals surface area contributed by atoms with Crippen LogP contribution in [0.15, 0.2) is 48.7 Å². The minimum Gasteiger partial charge on any atom is -0.487 e. The first-order valence-corrected chi connectivity index (χ1v) is 8.20. The van der Waals surface area contributed by atoms with Gasteiger partial charge in [0, 0.05) is 6.20 Å². The molecule has 1 fully saturated rings. The number of nitrogens with one attached hydrogen (secondary N) is 1. The summed E-state index contributed by atoms with van der Waals surface area (Å²) in [6.07, 6.45) is 2.14. The SMILES string of the molecule is CC(NC(=O)C1CC1C(=O)O)c1cccc(OCc2ccccn2)c1. The zero-order valence-corrected chi connectivity index (χ0v) is 13.9. The van der Waals surface area contributed by atoms with Gasteiger partial charge in [-0.2, -0.15) is 0 Å². The van der Waals surface area contributed by atoms with Gasteiger partial charge in [0.1, 0.15) is 12.4 Å². The molecule has 2 aromatic rings. The zero-order valence-electron chi connectivity index (χ0n) is 13.9. The van der Waals surface area contributed by atoms with Crippen LogP contribution in [0.2, 0.25) is 0 Å². The van der Waals surface area contributed by atoms with Crippen molar-refractivity contribution in [2.45, 2.75) is 26.0 Å². The smallest absolute Gasteiger partial charge is 0.307 e. The number of pyridine rings is 1. The molecule has 130 valence electrons. The minimum atomic E-state index is -0.905. The molecule has 0 saturated heterocycles. The van der Waals surface area contributed by atoms with Crippen LogP contribution in [0.1, 0.15) is 30.6 Å². The number of nitrogens with zero attached hydrogens (tertiary/aromatic N) is 1. The number of hydrogen-bond donors (Lipinski definition) is 2. The lowest BCUT2D eigenvalue weighted by molar-refractivity contribution is -0.140. The Labute approximate surface area is 145 Å². The molecule has 3 unspecified atom stereocenters. The fourth-order valence-electron chi connectivity index (χ4n) is 2.68. The number of carboxylic acids is 1. The number of aliphatic carboxylic acids is 1. The topological polar surface area (TPSA) is 88.5 Å². The van der Waals surface area contributed by atoms with E-state index in [1.807, 2.05) is 49.4 Å². The van der Waals surface area contributed by atoms with Crippen molar-refractivity contribution < 1.29 is 19.4 Å². The Kier molecular flexibility index (Phi) is 4.97. The fraction of sp³-hybridized carbons (Fsp3) is 0.316. The standard InChI is InChI=1S/C19H20N2O4/c1-12(21-18(22)16-10-17(16)19(23)24)13-5-4-7-15(9-13)25-11-14-6-2-3-8-20-14/h2-9,12,16-17H,10-11H2,1H3,(H,21,22)(H,23,24). The normalized spacial score (nSPS) is 19.7. The Morgan fingerprint density at radius 3 is 2.80 bits per heavy atom. The number of hydrogen-bond acceptors (Lipinski definition) is 4. The van der Waals surface area contributed by atoms with Gasteiger partial charge in [0.05, 0.1) is 23.6 Å². The Balaban J connectivity index is 1.57. The number of amides is 1.